The SMILES string of the molecule is C[C@H]1C[C@H](C)CN(C(=O)c2cc(-c3ccccn3)nc3c(Cl)cccc23)C1. The van der Waals surface area contributed by atoms with Crippen molar-refractivity contribution in [1.29, 1.82) is 0 Å². The minimum Gasteiger partial charge on any atom is -0.338 e. The van der Waals surface area contributed by atoms with Gasteiger partial charge in [-0.1, -0.05) is 43.6 Å². The molecule has 4 rings (SSSR count). The molecule has 2 aromatic heterocycles. The van der Waals surface area contributed by atoms with Crippen LogP contribution in [0.15, 0.2) is 48.7 Å². The molecule has 2 atom stereocenters. The van der Waals surface area contributed by atoms with Crippen molar-refractivity contribution in [2.24, 2.45) is 11.8 Å². The van der Waals surface area contributed by atoms with E-state index in [-0.39, 0.29) is 5.91 Å². The molecular formula is C22H22ClN3O. The molecular weight excluding hydrogens is 358 g/mol. The van der Waals surface area contributed by atoms with Crippen molar-refractivity contribution in [2.75, 3.05) is 13.1 Å². The van der Waals surface area contributed by atoms with Crippen LogP contribution in [-0.2, 0) is 0 Å². The number of carbonyl (C=O) groups is 1. The van der Waals surface area contributed by atoms with Crippen LogP contribution in [0, 0.1) is 11.8 Å². The number of fused-ring (bicyclic) bond motifs is 1. The minimum atomic E-state index is 0.0419. The van der Waals surface area contributed by atoms with Crippen molar-refractivity contribution >= 4 is 28.4 Å². The summed E-state index contributed by atoms with van der Waals surface area (Å²) in [6, 6.07) is 13.1. The van der Waals surface area contributed by atoms with E-state index in [2.05, 4.69) is 18.8 Å². The topological polar surface area (TPSA) is 46.1 Å². The van der Waals surface area contributed by atoms with Gasteiger partial charge in [-0.2, -0.15) is 0 Å². The van der Waals surface area contributed by atoms with Crippen LogP contribution in [0.1, 0.15) is 30.6 Å². The molecule has 0 radical (unpaired) electrons. The number of halogens is 1. The summed E-state index contributed by atoms with van der Waals surface area (Å²) in [6.45, 7) is 5.98. The van der Waals surface area contributed by atoms with Crippen LogP contribution in [0.5, 0.6) is 0 Å². The fourth-order valence-corrected chi connectivity index (χ4v) is 4.25. The standard InChI is InChI=1S/C22H22ClN3O/c1-14-10-15(2)13-26(12-14)22(27)17-11-20(19-8-3-4-9-24-19)25-21-16(17)6-5-7-18(21)23/h3-9,11,14-15H,10,12-13H2,1-2H3/t14-,15-/m0/s1. The third-order valence-corrected chi connectivity index (χ3v) is 5.41. The summed E-state index contributed by atoms with van der Waals surface area (Å²) in [5.41, 5.74) is 2.68. The van der Waals surface area contributed by atoms with E-state index in [1.165, 1.54) is 0 Å². The van der Waals surface area contributed by atoms with Gasteiger partial charge in [-0.05, 0) is 42.5 Å². The van der Waals surface area contributed by atoms with Crippen LogP contribution >= 0.6 is 11.6 Å². The van der Waals surface area contributed by atoms with Crippen LogP contribution in [0.25, 0.3) is 22.3 Å². The zero-order valence-electron chi connectivity index (χ0n) is 15.5. The lowest BCUT2D eigenvalue weighted by atomic mass is 9.91. The Morgan fingerprint density at radius 3 is 2.56 bits per heavy atom. The van der Waals surface area contributed by atoms with Gasteiger partial charge in [0.2, 0.25) is 0 Å². The number of hydrogen-bond donors (Lipinski definition) is 0. The number of benzene rings is 1. The average molecular weight is 380 g/mol. The molecule has 3 heterocycles. The quantitative estimate of drug-likeness (QED) is 0.624. The second kappa shape index (κ2) is 7.28. The molecule has 1 amide bonds. The summed E-state index contributed by atoms with van der Waals surface area (Å²) in [4.78, 5) is 24.5. The lowest BCUT2D eigenvalue weighted by molar-refractivity contribution is 0.0625. The van der Waals surface area contributed by atoms with Crippen molar-refractivity contribution in [3.05, 3.63) is 59.2 Å². The third kappa shape index (κ3) is 3.54. The normalized spacial score (nSPS) is 20.0. The molecule has 0 spiro atoms. The predicted octanol–water partition coefficient (Wildman–Crippen LogP) is 5.07. The van der Waals surface area contributed by atoms with E-state index in [4.69, 9.17) is 16.6 Å². The minimum absolute atomic E-state index is 0.0419. The summed E-state index contributed by atoms with van der Waals surface area (Å²) >= 11 is 6.42. The van der Waals surface area contributed by atoms with Gasteiger partial charge in [-0.25, -0.2) is 4.98 Å². The van der Waals surface area contributed by atoms with Crippen molar-refractivity contribution in [1.82, 2.24) is 14.9 Å². The van der Waals surface area contributed by atoms with Crippen LogP contribution in [-0.4, -0.2) is 33.9 Å². The van der Waals surface area contributed by atoms with E-state index >= 15 is 0 Å². The molecule has 1 aliphatic heterocycles. The molecule has 0 N–H and O–H groups in total. The van der Waals surface area contributed by atoms with Crippen LogP contribution in [0.4, 0.5) is 0 Å². The zero-order valence-corrected chi connectivity index (χ0v) is 16.3. The monoisotopic (exact) mass is 379 g/mol. The first-order valence-corrected chi connectivity index (χ1v) is 9.70. The van der Waals surface area contributed by atoms with Gasteiger partial charge >= 0.3 is 0 Å². The van der Waals surface area contributed by atoms with Gasteiger partial charge in [0.15, 0.2) is 0 Å². The number of aromatic nitrogens is 2. The molecule has 4 nitrogen and oxygen atoms in total. The third-order valence-electron chi connectivity index (χ3n) is 5.10. The number of carbonyl (C=O) groups excluding carboxylic acids is 1. The summed E-state index contributed by atoms with van der Waals surface area (Å²) in [7, 11) is 0. The van der Waals surface area contributed by atoms with E-state index in [0.29, 0.717) is 33.6 Å². The zero-order chi connectivity index (χ0) is 19.0. The molecule has 0 bridgehead atoms. The first-order valence-electron chi connectivity index (χ1n) is 9.33. The fourth-order valence-electron chi connectivity index (χ4n) is 4.04. The lowest BCUT2D eigenvalue weighted by Crippen LogP contribution is -2.42. The predicted molar refractivity (Wildman–Crippen MR) is 109 cm³/mol. The van der Waals surface area contributed by atoms with Crippen LogP contribution < -0.4 is 0 Å². The molecule has 0 unspecified atom stereocenters. The van der Waals surface area contributed by atoms with Gasteiger partial charge in [-0.3, -0.25) is 9.78 Å². The number of hydrogen-bond acceptors (Lipinski definition) is 3. The molecule has 3 aromatic rings. The molecule has 0 aliphatic carbocycles. The van der Waals surface area contributed by atoms with E-state index in [1.807, 2.05) is 41.3 Å². The molecule has 1 saturated heterocycles. The number of piperidine rings is 1. The average Bonchev–Trinajstić information content (AvgIpc) is 2.67. The molecule has 0 saturated carbocycles. The van der Waals surface area contributed by atoms with Crippen LogP contribution in [0.2, 0.25) is 5.02 Å². The first kappa shape index (κ1) is 17.9. The molecule has 138 valence electrons. The summed E-state index contributed by atoms with van der Waals surface area (Å²) < 4.78 is 0. The molecule has 5 heteroatoms. The highest BCUT2D eigenvalue weighted by Crippen LogP contribution is 2.30. The summed E-state index contributed by atoms with van der Waals surface area (Å²) in [5.74, 6) is 1.05. The Hall–Kier alpha value is -2.46. The van der Waals surface area contributed by atoms with Gasteiger partial charge in [0.25, 0.3) is 5.91 Å². The van der Waals surface area contributed by atoms with Crippen LogP contribution in [0.3, 0.4) is 0 Å². The van der Waals surface area contributed by atoms with Crippen molar-refractivity contribution < 1.29 is 4.79 Å². The molecule has 1 aromatic carbocycles. The fraction of sp³-hybridized carbons (Fsp3) is 0.318. The summed E-state index contributed by atoms with van der Waals surface area (Å²) in [5, 5.41) is 1.33. The number of rotatable bonds is 2. The van der Waals surface area contributed by atoms with E-state index < -0.39 is 0 Å². The van der Waals surface area contributed by atoms with Gasteiger partial charge in [0.05, 0.1) is 27.5 Å². The van der Waals surface area contributed by atoms with Crippen molar-refractivity contribution in [2.45, 2.75) is 20.3 Å². The van der Waals surface area contributed by atoms with E-state index in [9.17, 15) is 4.79 Å². The second-order valence-corrected chi connectivity index (χ2v) is 7.97. The first-order chi connectivity index (χ1) is 13.0. The smallest absolute Gasteiger partial charge is 0.254 e. The summed E-state index contributed by atoms with van der Waals surface area (Å²) in [6.07, 6.45) is 2.88. The Balaban J connectivity index is 1.86. The second-order valence-electron chi connectivity index (χ2n) is 7.56. The molecule has 1 aliphatic rings. The Morgan fingerprint density at radius 2 is 1.85 bits per heavy atom. The van der Waals surface area contributed by atoms with E-state index in [0.717, 1.165) is 30.6 Å². The van der Waals surface area contributed by atoms with Gasteiger partial charge in [-0.15, -0.1) is 0 Å². The van der Waals surface area contributed by atoms with Gasteiger partial charge in [0, 0.05) is 24.7 Å². The van der Waals surface area contributed by atoms with Crippen molar-refractivity contribution in [3.63, 3.8) is 0 Å². The maximum Gasteiger partial charge on any atom is 0.254 e. The number of nitrogens with zero attached hydrogens (tertiary/aromatic N) is 3. The Bertz CT molecular complexity index is 980. The molecule has 1 fully saturated rings. The van der Waals surface area contributed by atoms with Gasteiger partial charge in [0.1, 0.15) is 0 Å². The maximum atomic E-state index is 13.4. The Kier molecular flexibility index (Phi) is 4.83. The largest absolute Gasteiger partial charge is 0.338 e. The van der Waals surface area contributed by atoms with Crippen molar-refractivity contribution in [3.8, 4) is 11.4 Å². The lowest BCUT2D eigenvalue weighted by Gasteiger charge is -2.35. The number of likely N-dealkylation sites (tertiary alicyclic amines) is 1. The Morgan fingerprint density at radius 1 is 1.07 bits per heavy atom. The Labute approximate surface area is 164 Å². The highest BCUT2D eigenvalue weighted by Gasteiger charge is 2.28. The maximum absolute atomic E-state index is 13.4. The number of amides is 1. The van der Waals surface area contributed by atoms with Gasteiger partial charge < -0.3 is 4.90 Å². The highest BCUT2D eigenvalue weighted by molar-refractivity contribution is 6.35. The number of pyridine rings is 2. The molecule has 27 heavy (non-hydrogen) atoms. The number of para-hydroxylation sites is 1. The highest BCUT2D eigenvalue weighted by atomic mass is 35.5. The van der Waals surface area contributed by atoms with E-state index in [1.54, 1.807) is 12.3 Å².